The van der Waals surface area contributed by atoms with Gasteiger partial charge in [0.2, 0.25) is 10.0 Å². The molecule has 6 nitrogen and oxygen atoms in total. The summed E-state index contributed by atoms with van der Waals surface area (Å²) < 4.78 is 25.9. The van der Waals surface area contributed by atoms with Crippen LogP contribution >= 0.6 is 0 Å². The van der Waals surface area contributed by atoms with Crippen LogP contribution in [0.2, 0.25) is 0 Å². The molecule has 3 N–H and O–H groups in total. The van der Waals surface area contributed by atoms with Crippen LogP contribution in [0.1, 0.15) is 31.7 Å². The quantitative estimate of drug-likeness (QED) is 0.452. The van der Waals surface area contributed by atoms with Gasteiger partial charge in [-0.25, -0.2) is 17.9 Å². The summed E-state index contributed by atoms with van der Waals surface area (Å²) in [5.41, 5.74) is 1.27. The highest BCUT2D eigenvalue weighted by Gasteiger charge is 2.10. The molecule has 1 aromatic rings. The van der Waals surface area contributed by atoms with E-state index in [4.69, 9.17) is 0 Å². The molecule has 0 bridgehead atoms. The molecular weight excluding hydrogens is 314 g/mol. The van der Waals surface area contributed by atoms with E-state index < -0.39 is 10.0 Å². The van der Waals surface area contributed by atoms with Crippen LogP contribution in [-0.4, -0.2) is 27.5 Å². The molecule has 0 aromatic heterocycles. The van der Waals surface area contributed by atoms with E-state index in [0.717, 1.165) is 19.3 Å². The van der Waals surface area contributed by atoms with Crippen LogP contribution in [0, 0.1) is 0 Å². The first-order chi connectivity index (χ1) is 11.0. The topological polar surface area (TPSA) is 87.3 Å². The van der Waals surface area contributed by atoms with Gasteiger partial charge in [-0.15, -0.1) is 6.58 Å². The Bertz CT molecular complexity index is 598. The minimum atomic E-state index is -3.37. The van der Waals surface area contributed by atoms with Gasteiger partial charge in [0.05, 0.1) is 5.75 Å². The molecule has 0 spiro atoms. The predicted octanol–water partition coefficient (Wildman–Crippen LogP) is 2.60. The summed E-state index contributed by atoms with van der Waals surface area (Å²) in [7, 11) is -3.37. The van der Waals surface area contributed by atoms with E-state index in [0.29, 0.717) is 17.8 Å². The van der Waals surface area contributed by atoms with Crippen molar-refractivity contribution in [1.29, 1.82) is 0 Å². The van der Waals surface area contributed by atoms with Crippen molar-refractivity contribution >= 4 is 21.7 Å². The number of anilines is 1. The van der Waals surface area contributed by atoms with Crippen molar-refractivity contribution in [1.82, 2.24) is 10.0 Å². The number of hydrogen-bond donors (Lipinski definition) is 3. The minimum absolute atomic E-state index is 0.107. The Hall–Kier alpha value is -1.86. The fourth-order valence-corrected chi connectivity index (χ4v) is 3.00. The lowest BCUT2D eigenvalue weighted by Gasteiger charge is -2.09. The van der Waals surface area contributed by atoms with Crippen molar-refractivity contribution in [3.05, 3.63) is 42.5 Å². The maximum Gasteiger partial charge on any atom is 0.319 e. The first kappa shape index (κ1) is 19.2. The fraction of sp³-hybridized carbons (Fsp3) is 0.438. The van der Waals surface area contributed by atoms with Gasteiger partial charge in [0.1, 0.15) is 0 Å². The Kier molecular flexibility index (Phi) is 8.36. The summed E-state index contributed by atoms with van der Waals surface area (Å²) in [6, 6.07) is 6.47. The summed E-state index contributed by atoms with van der Waals surface area (Å²) in [6.07, 6.45) is 4.64. The van der Waals surface area contributed by atoms with E-state index in [1.54, 1.807) is 24.3 Å². The molecule has 2 amide bonds. The first-order valence-electron chi connectivity index (χ1n) is 7.69. The Labute approximate surface area is 138 Å². The molecule has 0 unspecified atom stereocenters. The first-order valence-corrected chi connectivity index (χ1v) is 9.34. The lowest BCUT2D eigenvalue weighted by atomic mass is 10.2. The predicted molar refractivity (Wildman–Crippen MR) is 93.8 cm³/mol. The average molecular weight is 339 g/mol. The largest absolute Gasteiger partial charge is 0.338 e. The van der Waals surface area contributed by atoms with Gasteiger partial charge in [-0.3, -0.25) is 0 Å². The molecule has 0 radical (unpaired) electrons. The molecular formula is C16H25N3O3S. The fourth-order valence-electron chi connectivity index (χ4n) is 1.89. The second-order valence-corrected chi connectivity index (χ2v) is 6.99. The molecule has 0 aliphatic heterocycles. The Morgan fingerprint density at radius 2 is 1.91 bits per heavy atom. The molecule has 7 heteroatoms. The highest BCUT2D eigenvalue weighted by Crippen LogP contribution is 2.11. The zero-order valence-corrected chi connectivity index (χ0v) is 14.3. The van der Waals surface area contributed by atoms with Crippen LogP contribution in [0.25, 0.3) is 0 Å². The highest BCUT2D eigenvalue weighted by molar-refractivity contribution is 7.88. The van der Waals surface area contributed by atoms with E-state index in [-0.39, 0.29) is 18.3 Å². The van der Waals surface area contributed by atoms with Crippen LogP contribution in [0.5, 0.6) is 0 Å². The van der Waals surface area contributed by atoms with Crippen molar-refractivity contribution in [3.8, 4) is 0 Å². The van der Waals surface area contributed by atoms with Crippen molar-refractivity contribution in [2.24, 2.45) is 0 Å². The number of hydrogen-bond acceptors (Lipinski definition) is 3. The molecule has 0 heterocycles. The Balaban J connectivity index is 2.47. The molecule has 1 rings (SSSR count). The van der Waals surface area contributed by atoms with Gasteiger partial charge in [0.25, 0.3) is 0 Å². The number of sulfonamides is 1. The van der Waals surface area contributed by atoms with Crippen molar-refractivity contribution in [2.45, 2.75) is 31.9 Å². The number of urea groups is 1. The van der Waals surface area contributed by atoms with E-state index >= 15 is 0 Å². The zero-order chi connectivity index (χ0) is 17.1. The SMILES string of the molecule is C=CCNS(=O)(=O)Cc1ccc(NC(=O)NCCCCC)cc1. The van der Waals surface area contributed by atoms with Gasteiger partial charge < -0.3 is 10.6 Å². The summed E-state index contributed by atoms with van der Waals surface area (Å²) in [4.78, 5) is 11.7. The van der Waals surface area contributed by atoms with E-state index in [2.05, 4.69) is 28.9 Å². The van der Waals surface area contributed by atoms with Crippen LogP contribution < -0.4 is 15.4 Å². The number of amides is 2. The zero-order valence-electron chi connectivity index (χ0n) is 13.5. The Morgan fingerprint density at radius 3 is 2.52 bits per heavy atom. The summed E-state index contributed by atoms with van der Waals surface area (Å²) in [5.74, 6) is -0.107. The number of carbonyl (C=O) groups is 1. The van der Waals surface area contributed by atoms with Gasteiger partial charge in [0, 0.05) is 18.8 Å². The van der Waals surface area contributed by atoms with Crippen molar-refractivity contribution in [3.63, 3.8) is 0 Å². The maximum absolute atomic E-state index is 11.8. The monoisotopic (exact) mass is 339 g/mol. The van der Waals surface area contributed by atoms with Crippen molar-refractivity contribution in [2.75, 3.05) is 18.4 Å². The maximum atomic E-state index is 11.8. The molecule has 0 aliphatic carbocycles. The molecule has 128 valence electrons. The molecule has 1 aromatic carbocycles. The molecule has 0 saturated carbocycles. The standard InChI is InChI=1S/C16H25N3O3S/c1-3-5-6-12-17-16(20)19-15-9-7-14(8-10-15)13-23(21,22)18-11-4-2/h4,7-10,18H,2-3,5-6,11-13H2,1H3,(H2,17,19,20). The van der Waals surface area contributed by atoms with E-state index in [9.17, 15) is 13.2 Å². The van der Waals surface area contributed by atoms with Crippen molar-refractivity contribution < 1.29 is 13.2 Å². The highest BCUT2D eigenvalue weighted by atomic mass is 32.2. The van der Waals surface area contributed by atoms with Crippen LogP contribution in [0.15, 0.2) is 36.9 Å². The van der Waals surface area contributed by atoms with Gasteiger partial charge in [-0.2, -0.15) is 0 Å². The number of unbranched alkanes of at least 4 members (excludes halogenated alkanes) is 2. The molecule has 0 aliphatic rings. The lowest BCUT2D eigenvalue weighted by Crippen LogP contribution is -2.29. The third kappa shape index (κ3) is 8.37. The summed E-state index contributed by atoms with van der Waals surface area (Å²) >= 11 is 0. The second kappa shape index (κ2) is 10.0. The second-order valence-electron chi connectivity index (χ2n) is 5.18. The normalized spacial score (nSPS) is 11.0. The molecule has 0 fully saturated rings. The van der Waals surface area contributed by atoms with Crippen LogP contribution in [0.4, 0.5) is 10.5 Å². The van der Waals surface area contributed by atoms with Crippen LogP contribution in [-0.2, 0) is 15.8 Å². The van der Waals surface area contributed by atoms with Gasteiger partial charge in [-0.1, -0.05) is 38.0 Å². The van der Waals surface area contributed by atoms with Gasteiger partial charge in [0.15, 0.2) is 0 Å². The minimum Gasteiger partial charge on any atom is -0.338 e. The Morgan fingerprint density at radius 1 is 1.22 bits per heavy atom. The third-order valence-electron chi connectivity index (χ3n) is 3.08. The van der Waals surface area contributed by atoms with E-state index in [1.807, 2.05) is 0 Å². The third-order valence-corrected chi connectivity index (χ3v) is 4.40. The molecule has 0 atom stereocenters. The smallest absolute Gasteiger partial charge is 0.319 e. The molecule has 0 saturated heterocycles. The van der Waals surface area contributed by atoms with Crippen LogP contribution in [0.3, 0.4) is 0 Å². The number of rotatable bonds is 10. The lowest BCUT2D eigenvalue weighted by molar-refractivity contribution is 0.252. The summed E-state index contributed by atoms with van der Waals surface area (Å²) in [6.45, 7) is 6.43. The van der Waals surface area contributed by atoms with E-state index in [1.165, 1.54) is 6.08 Å². The average Bonchev–Trinajstić information content (AvgIpc) is 2.51. The summed E-state index contributed by atoms with van der Waals surface area (Å²) in [5, 5.41) is 5.49. The number of carbonyl (C=O) groups excluding carboxylic acids is 1. The number of nitrogens with one attached hydrogen (secondary N) is 3. The van der Waals surface area contributed by atoms with Gasteiger partial charge >= 0.3 is 6.03 Å². The number of benzene rings is 1. The molecule has 23 heavy (non-hydrogen) atoms. The van der Waals surface area contributed by atoms with Gasteiger partial charge in [-0.05, 0) is 24.1 Å².